The van der Waals surface area contributed by atoms with Crippen molar-refractivity contribution in [3.63, 3.8) is 0 Å². The minimum Gasteiger partial charge on any atom is -0.395 e. The first-order valence-electron chi connectivity index (χ1n) is 6.93. The van der Waals surface area contributed by atoms with E-state index in [9.17, 15) is 4.79 Å². The molecule has 4 heteroatoms. The van der Waals surface area contributed by atoms with Crippen LogP contribution in [-0.2, 0) is 9.53 Å². The van der Waals surface area contributed by atoms with Crippen LogP contribution in [0.4, 0.5) is 5.69 Å². The fourth-order valence-electron chi connectivity index (χ4n) is 1.74. The Labute approximate surface area is 126 Å². The van der Waals surface area contributed by atoms with Gasteiger partial charge in [-0.2, -0.15) is 0 Å². The zero-order valence-electron chi connectivity index (χ0n) is 13.1. The summed E-state index contributed by atoms with van der Waals surface area (Å²) in [6, 6.07) is 5.70. The van der Waals surface area contributed by atoms with Crippen LogP contribution in [0.2, 0.25) is 0 Å². The van der Waals surface area contributed by atoms with Crippen LogP contribution in [0, 0.1) is 18.8 Å². The maximum atomic E-state index is 12.1. The average molecular weight is 289 g/mol. The van der Waals surface area contributed by atoms with Gasteiger partial charge in [-0.3, -0.25) is 4.79 Å². The molecule has 0 saturated heterocycles. The summed E-state index contributed by atoms with van der Waals surface area (Å²) in [7, 11) is 1.59. The molecule has 0 aliphatic rings. The van der Waals surface area contributed by atoms with Crippen LogP contribution >= 0.6 is 0 Å². The lowest BCUT2D eigenvalue weighted by Gasteiger charge is -2.22. The minimum absolute atomic E-state index is 0.0303. The van der Waals surface area contributed by atoms with E-state index < -0.39 is 5.60 Å². The molecule has 1 amide bonds. The number of anilines is 1. The third kappa shape index (κ3) is 5.99. The number of rotatable bonds is 5. The standard InChI is InChI=1S/C17H23NO3/c1-13-8-9-14(7-5-6-10-19)15(11-13)18-16(20)12-17(2,3)21-4/h8-9,11,19H,6,10,12H2,1-4H3,(H,18,20). The van der Waals surface area contributed by atoms with E-state index in [1.54, 1.807) is 7.11 Å². The van der Waals surface area contributed by atoms with E-state index >= 15 is 0 Å². The lowest BCUT2D eigenvalue weighted by atomic mass is 10.0. The van der Waals surface area contributed by atoms with Crippen molar-refractivity contribution in [3.05, 3.63) is 29.3 Å². The van der Waals surface area contributed by atoms with Crippen molar-refractivity contribution in [2.75, 3.05) is 19.0 Å². The molecular weight excluding hydrogens is 266 g/mol. The number of aliphatic hydroxyl groups is 1. The van der Waals surface area contributed by atoms with Gasteiger partial charge < -0.3 is 15.2 Å². The summed E-state index contributed by atoms with van der Waals surface area (Å²) in [6.07, 6.45) is 0.679. The second-order valence-electron chi connectivity index (χ2n) is 5.51. The van der Waals surface area contributed by atoms with E-state index in [2.05, 4.69) is 17.2 Å². The van der Waals surface area contributed by atoms with Gasteiger partial charge in [0.15, 0.2) is 0 Å². The van der Waals surface area contributed by atoms with Crippen molar-refractivity contribution in [3.8, 4) is 11.8 Å². The summed E-state index contributed by atoms with van der Waals surface area (Å²) >= 11 is 0. The monoisotopic (exact) mass is 289 g/mol. The predicted octanol–water partition coefficient (Wildman–Crippen LogP) is 2.48. The molecule has 0 fully saturated rings. The Bertz CT molecular complexity index is 553. The Morgan fingerprint density at radius 3 is 2.76 bits per heavy atom. The van der Waals surface area contributed by atoms with Gasteiger partial charge in [0.1, 0.15) is 0 Å². The van der Waals surface area contributed by atoms with Gasteiger partial charge in [-0.25, -0.2) is 0 Å². The minimum atomic E-state index is -0.503. The lowest BCUT2D eigenvalue weighted by Crippen LogP contribution is -2.29. The molecule has 0 aromatic heterocycles. The van der Waals surface area contributed by atoms with E-state index in [0.717, 1.165) is 11.1 Å². The zero-order chi connectivity index (χ0) is 15.9. The highest BCUT2D eigenvalue weighted by Crippen LogP contribution is 2.19. The lowest BCUT2D eigenvalue weighted by molar-refractivity contribution is -0.121. The second-order valence-corrected chi connectivity index (χ2v) is 5.51. The highest BCUT2D eigenvalue weighted by Gasteiger charge is 2.21. The number of nitrogens with one attached hydrogen (secondary N) is 1. The van der Waals surface area contributed by atoms with Crippen LogP contribution in [0.5, 0.6) is 0 Å². The molecule has 0 aliphatic heterocycles. The van der Waals surface area contributed by atoms with Crippen molar-refractivity contribution in [1.82, 2.24) is 0 Å². The smallest absolute Gasteiger partial charge is 0.227 e. The Morgan fingerprint density at radius 2 is 2.14 bits per heavy atom. The van der Waals surface area contributed by atoms with Gasteiger partial charge in [-0.1, -0.05) is 17.9 Å². The zero-order valence-corrected chi connectivity index (χ0v) is 13.1. The highest BCUT2D eigenvalue weighted by atomic mass is 16.5. The Balaban J connectivity index is 2.89. The van der Waals surface area contributed by atoms with Crippen molar-refractivity contribution in [1.29, 1.82) is 0 Å². The van der Waals surface area contributed by atoms with Gasteiger partial charge in [-0.05, 0) is 38.5 Å². The van der Waals surface area contributed by atoms with Crippen LogP contribution in [0.15, 0.2) is 18.2 Å². The average Bonchev–Trinajstić information content (AvgIpc) is 2.41. The quantitative estimate of drug-likeness (QED) is 0.819. The van der Waals surface area contributed by atoms with Crippen LogP contribution in [0.25, 0.3) is 0 Å². The first kappa shape index (κ1) is 17.2. The first-order valence-corrected chi connectivity index (χ1v) is 6.93. The Kier molecular flexibility index (Phi) is 6.41. The molecule has 0 saturated carbocycles. The summed E-state index contributed by atoms with van der Waals surface area (Å²) in [5.74, 6) is 5.72. The first-order chi connectivity index (χ1) is 9.88. The molecule has 0 aliphatic carbocycles. The van der Waals surface area contributed by atoms with Crippen LogP contribution in [-0.4, -0.2) is 30.3 Å². The van der Waals surface area contributed by atoms with Crippen molar-refractivity contribution >= 4 is 11.6 Å². The van der Waals surface area contributed by atoms with Crippen LogP contribution in [0.1, 0.15) is 37.8 Å². The van der Waals surface area contributed by atoms with E-state index in [0.29, 0.717) is 12.1 Å². The van der Waals surface area contributed by atoms with Crippen molar-refractivity contribution in [2.45, 2.75) is 39.2 Å². The van der Waals surface area contributed by atoms with Gasteiger partial charge >= 0.3 is 0 Å². The number of carbonyl (C=O) groups is 1. The normalized spacial score (nSPS) is 10.7. The largest absolute Gasteiger partial charge is 0.395 e. The molecule has 0 heterocycles. The number of aryl methyl sites for hydroxylation is 1. The number of carbonyl (C=O) groups excluding carboxylic acids is 1. The molecule has 0 atom stereocenters. The van der Waals surface area contributed by atoms with E-state index in [4.69, 9.17) is 9.84 Å². The molecule has 114 valence electrons. The topological polar surface area (TPSA) is 58.6 Å². The van der Waals surface area contributed by atoms with Gasteiger partial charge in [0.2, 0.25) is 5.91 Å². The molecule has 0 unspecified atom stereocenters. The fraction of sp³-hybridized carbons (Fsp3) is 0.471. The number of ether oxygens (including phenoxy) is 1. The van der Waals surface area contributed by atoms with Gasteiger partial charge in [0, 0.05) is 19.1 Å². The number of hydrogen-bond acceptors (Lipinski definition) is 3. The molecule has 21 heavy (non-hydrogen) atoms. The molecule has 2 N–H and O–H groups in total. The highest BCUT2D eigenvalue weighted by molar-refractivity contribution is 5.92. The van der Waals surface area contributed by atoms with Gasteiger partial charge in [0.25, 0.3) is 0 Å². The molecule has 1 aromatic carbocycles. The van der Waals surface area contributed by atoms with E-state index in [-0.39, 0.29) is 18.9 Å². The van der Waals surface area contributed by atoms with Crippen LogP contribution < -0.4 is 5.32 Å². The summed E-state index contributed by atoms with van der Waals surface area (Å²) < 4.78 is 5.26. The third-order valence-electron chi connectivity index (χ3n) is 3.05. The predicted molar refractivity (Wildman–Crippen MR) is 84.1 cm³/mol. The SMILES string of the molecule is COC(C)(C)CC(=O)Nc1cc(C)ccc1C#CCCO. The molecule has 0 spiro atoms. The molecule has 1 rings (SSSR count). The number of hydrogen-bond donors (Lipinski definition) is 2. The Morgan fingerprint density at radius 1 is 1.43 bits per heavy atom. The molecule has 0 radical (unpaired) electrons. The molecule has 4 nitrogen and oxygen atoms in total. The number of aliphatic hydroxyl groups excluding tert-OH is 1. The maximum absolute atomic E-state index is 12.1. The van der Waals surface area contributed by atoms with E-state index in [1.165, 1.54) is 0 Å². The van der Waals surface area contributed by atoms with Gasteiger partial charge in [0.05, 0.1) is 24.3 Å². The molecule has 1 aromatic rings. The van der Waals surface area contributed by atoms with Gasteiger partial charge in [-0.15, -0.1) is 0 Å². The summed E-state index contributed by atoms with van der Waals surface area (Å²) in [5.41, 5.74) is 1.98. The third-order valence-corrected chi connectivity index (χ3v) is 3.05. The summed E-state index contributed by atoms with van der Waals surface area (Å²) in [5, 5.41) is 11.7. The maximum Gasteiger partial charge on any atom is 0.227 e. The summed E-state index contributed by atoms with van der Waals surface area (Å²) in [6.45, 7) is 5.72. The molecular formula is C17H23NO3. The Hall–Kier alpha value is -1.83. The molecule has 0 bridgehead atoms. The second kappa shape index (κ2) is 7.82. The van der Waals surface area contributed by atoms with E-state index in [1.807, 2.05) is 39.0 Å². The summed E-state index contributed by atoms with van der Waals surface area (Å²) in [4.78, 5) is 12.1. The number of methoxy groups -OCH3 is 1. The van der Waals surface area contributed by atoms with Crippen molar-refractivity contribution in [2.24, 2.45) is 0 Å². The number of benzene rings is 1. The van der Waals surface area contributed by atoms with Crippen molar-refractivity contribution < 1.29 is 14.6 Å². The van der Waals surface area contributed by atoms with Crippen LogP contribution in [0.3, 0.4) is 0 Å². The number of amides is 1. The fourth-order valence-corrected chi connectivity index (χ4v) is 1.74.